The number of rotatable bonds is 5. The molecule has 0 unspecified atom stereocenters. The number of carbonyl (C=O) groups is 1. The molecule has 0 saturated carbocycles. The SMILES string of the molecule is CCCN(CCO)C(=O)c1cc2ccccc2[nH]1. The number of amides is 1. The molecule has 18 heavy (non-hydrogen) atoms. The molecule has 1 amide bonds. The Kier molecular flexibility index (Phi) is 3.99. The molecule has 0 bridgehead atoms. The molecule has 2 rings (SSSR count). The minimum Gasteiger partial charge on any atom is -0.395 e. The summed E-state index contributed by atoms with van der Waals surface area (Å²) in [4.78, 5) is 17.1. The molecule has 4 nitrogen and oxygen atoms in total. The minimum absolute atomic E-state index is 0.00797. The van der Waals surface area contributed by atoms with Crippen molar-refractivity contribution in [2.75, 3.05) is 19.7 Å². The molecule has 1 aromatic carbocycles. The predicted octanol–water partition coefficient (Wildman–Crippen LogP) is 2.01. The summed E-state index contributed by atoms with van der Waals surface area (Å²) >= 11 is 0. The van der Waals surface area contributed by atoms with Crippen molar-refractivity contribution in [3.63, 3.8) is 0 Å². The van der Waals surface area contributed by atoms with Crippen molar-refractivity contribution >= 4 is 16.8 Å². The molecule has 0 saturated heterocycles. The Morgan fingerprint density at radius 1 is 1.33 bits per heavy atom. The van der Waals surface area contributed by atoms with Gasteiger partial charge in [0, 0.05) is 24.0 Å². The maximum atomic E-state index is 12.3. The third kappa shape index (κ3) is 2.54. The summed E-state index contributed by atoms with van der Waals surface area (Å²) < 4.78 is 0. The largest absolute Gasteiger partial charge is 0.395 e. The Morgan fingerprint density at radius 2 is 2.11 bits per heavy atom. The van der Waals surface area contributed by atoms with E-state index in [2.05, 4.69) is 4.98 Å². The second-order valence-corrected chi connectivity index (χ2v) is 4.29. The molecule has 1 heterocycles. The number of hydrogen-bond donors (Lipinski definition) is 2. The van der Waals surface area contributed by atoms with Gasteiger partial charge in [-0.1, -0.05) is 25.1 Å². The summed E-state index contributed by atoms with van der Waals surface area (Å²) in [5, 5.41) is 10.0. The van der Waals surface area contributed by atoms with E-state index < -0.39 is 0 Å². The lowest BCUT2D eigenvalue weighted by atomic mass is 10.2. The predicted molar refractivity (Wildman–Crippen MR) is 71.6 cm³/mol. The third-order valence-electron chi connectivity index (χ3n) is 2.91. The van der Waals surface area contributed by atoms with E-state index >= 15 is 0 Å². The number of benzene rings is 1. The highest BCUT2D eigenvalue weighted by molar-refractivity contribution is 5.98. The maximum absolute atomic E-state index is 12.3. The van der Waals surface area contributed by atoms with Gasteiger partial charge < -0.3 is 15.0 Å². The average molecular weight is 246 g/mol. The van der Waals surface area contributed by atoms with Gasteiger partial charge in [0.25, 0.3) is 5.91 Å². The van der Waals surface area contributed by atoms with Gasteiger partial charge in [0.05, 0.1) is 6.61 Å². The summed E-state index contributed by atoms with van der Waals surface area (Å²) in [6.45, 7) is 3.05. The second kappa shape index (κ2) is 5.69. The highest BCUT2D eigenvalue weighted by Crippen LogP contribution is 2.16. The van der Waals surface area contributed by atoms with Crippen LogP contribution in [-0.2, 0) is 0 Å². The highest BCUT2D eigenvalue weighted by atomic mass is 16.3. The first-order valence-corrected chi connectivity index (χ1v) is 6.24. The molecule has 0 aliphatic rings. The summed E-state index contributed by atoms with van der Waals surface area (Å²) in [7, 11) is 0. The number of aliphatic hydroxyl groups is 1. The molecule has 4 heteroatoms. The lowest BCUT2D eigenvalue weighted by Gasteiger charge is -2.20. The van der Waals surface area contributed by atoms with E-state index in [1.165, 1.54) is 0 Å². The first-order valence-electron chi connectivity index (χ1n) is 6.24. The van der Waals surface area contributed by atoms with E-state index in [4.69, 9.17) is 5.11 Å². The molecule has 0 radical (unpaired) electrons. The quantitative estimate of drug-likeness (QED) is 0.848. The van der Waals surface area contributed by atoms with Crippen molar-refractivity contribution in [1.29, 1.82) is 0 Å². The van der Waals surface area contributed by atoms with Crippen LogP contribution in [0.25, 0.3) is 10.9 Å². The number of aliphatic hydroxyl groups excluding tert-OH is 1. The number of aromatic amines is 1. The van der Waals surface area contributed by atoms with Gasteiger partial charge in [-0.2, -0.15) is 0 Å². The fourth-order valence-corrected chi connectivity index (χ4v) is 2.06. The molecule has 0 spiro atoms. The number of nitrogens with one attached hydrogen (secondary N) is 1. The topological polar surface area (TPSA) is 56.3 Å². The van der Waals surface area contributed by atoms with Crippen LogP contribution in [-0.4, -0.2) is 40.6 Å². The van der Waals surface area contributed by atoms with Crippen LogP contribution < -0.4 is 0 Å². The standard InChI is InChI=1S/C14H18N2O2/c1-2-7-16(8-9-17)14(18)13-10-11-5-3-4-6-12(11)15-13/h3-6,10,15,17H,2,7-9H2,1H3. The number of nitrogens with zero attached hydrogens (tertiary/aromatic N) is 1. The fraction of sp³-hybridized carbons (Fsp3) is 0.357. The van der Waals surface area contributed by atoms with Gasteiger partial charge in [0.1, 0.15) is 5.69 Å². The summed E-state index contributed by atoms with van der Waals surface area (Å²) in [6, 6.07) is 9.66. The lowest BCUT2D eigenvalue weighted by Crippen LogP contribution is -2.34. The third-order valence-corrected chi connectivity index (χ3v) is 2.91. The van der Waals surface area contributed by atoms with Gasteiger partial charge in [0.15, 0.2) is 0 Å². The van der Waals surface area contributed by atoms with Crippen LogP contribution in [0, 0.1) is 0 Å². The molecule has 96 valence electrons. The van der Waals surface area contributed by atoms with E-state index in [1.54, 1.807) is 4.90 Å². The maximum Gasteiger partial charge on any atom is 0.270 e. The molecule has 0 atom stereocenters. The van der Waals surface area contributed by atoms with Crippen LogP contribution in [0.15, 0.2) is 30.3 Å². The Bertz CT molecular complexity index is 494. The van der Waals surface area contributed by atoms with Gasteiger partial charge in [-0.15, -0.1) is 0 Å². The second-order valence-electron chi connectivity index (χ2n) is 4.29. The minimum atomic E-state index is -0.0536. The number of H-pyrrole nitrogens is 1. The fourth-order valence-electron chi connectivity index (χ4n) is 2.06. The van der Waals surface area contributed by atoms with Gasteiger partial charge in [-0.25, -0.2) is 0 Å². The first kappa shape index (κ1) is 12.6. The van der Waals surface area contributed by atoms with Crippen molar-refractivity contribution in [2.24, 2.45) is 0 Å². The van der Waals surface area contributed by atoms with Crippen molar-refractivity contribution in [3.05, 3.63) is 36.0 Å². The zero-order valence-electron chi connectivity index (χ0n) is 10.5. The van der Waals surface area contributed by atoms with Crippen LogP contribution >= 0.6 is 0 Å². The van der Waals surface area contributed by atoms with Crippen LogP contribution in [0.2, 0.25) is 0 Å². The van der Waals surface area contributed by atoms with Gasteiger partial charge in [-0.3, -0.25) is 4.79 Å². The molecular weight excluding hydrogens is 228 g/mol. The molecule has 0 aliphatic carbocycles. The van der Waals surface area contributed by atoms with Crippen LogP contribution in [0.5, 0.6) is 0 Å². The number of para-hydroxylation sites is 1. The van der Waals surface area contributed by atoms with Crippen molar-refractivity contribution in [1.82, 2.24) is 9.88 Å². The summed E-state index contributed by atoms with van der Waals surface area (Å²) in [5.74, 6) is -0.0536. The molecule has 0 fully saturated rings. The summed E-state index contributed by atoms with van der Waals surface area (Å²) in [6.07, 6.45) is 0.881. The zero-order chi connectivity index (χ0) is 13.0. The van der Waals surface area contributed by atoms with E-state index in [-0.39, 0.29) is 12.5 Å². The smallest absolute Gasteiger partial charge is 0.270 e. The highest BCUT2D eigenvalue weighted by Gasteiger charge is 2.16. The molecule has 0 aliphatic heterocycles. The normalized spacial score (nSPS) is 10.8. The van der Waals surface area contributed by atoms with Crippen LogP contribution in [0.4, 0.5) is 0 Å². The van der Waals surface area contributed by atoms with Crippen molar-refractivity contribution in [2.45, 2.75) is 13.3 Å². The van der Waals surface area contributed by atoms with Crippen molar-refractivity contribution < 1.29 is 9.90 Å². The van der Waals surface area contributed by atoms with Gasteiger partial charge in [-0.05, 0) is 18.6 Å². The van der Waals surface area contributed by atoms with Gasteiger partial charge in [0.2, 0.25) is 0 Å². The zero-order valence-corrected chi connectivity index (χ0v) is 10.5. The number of aromatic nitrogens is 1. The van der Waals surface area contributed by atoms with Crippen LogP contribution in [0.3, 0.4) is 0 Å². The molecule has 2 aromatic rings. The Labute approximate surface area is 106 Å². The Hall–Kier alpha value is -1.81. The lowest BCUT2D eigenvalue weighted by molar-refractivity contribution is 0.0717. The number of hydrogen-bond acceptors (Lipinski definition) is 2. The van der Waals surface area contributed by atoms with Crippen LogP contribution in [0.1, 0.15) is 23.8 Å². The molecule has 2 N–H and O–H groups in total. The van der Waals surface area contributed by atoms with Crippen molar-refractivity contribution in [3.8, 4) is 0 Å². The monoisotopic (exact) mass is 246 g/mol. The number of fused-ring (bicyclic) bond motifs is 1. The molecule has 1 aromatic heterocycles. The van der Waals surface area contributed by atoms with Gasteiger partial charge >= 0.3 is 0 Å². The summed E-state index contributed by atoms with van der Waals surface area (Å²) in [5.41, 5.74) is 1.54. The molecular formula is C14H18N2O2. The number of carbonyl (C=O) groups excluding carboxylic acids is 1. The van der Waals surface area contributed by atoms with E-state index in [9.17, 15) is 4.79 Å². The van der Waals surface area contributed by atoms with E-state index in [0.717, 1.165) is 17.3 Å². The average Bonchev–Trinajstić information content (AvgIpc) is 2.81. The van der Waals surface area contributed by atoms with E-state index in [1.807, 2.05) is 37.3 Å². The van der Waals surface area contributed by atoms with E-state index in [0.29, 0.717) is 18.8 Å². The Balaban J connectivity index is 2.25. The Morgan fingerprint density at radius 3 is 2.78 bits per heavy atom. The first-order chi connectivity index (χ1) is 8.76.